The predicted molar refractivity (Wildman–Crippen MR) is 83.9 cm³/mol. The molecule has 2 rings (SSSR count). The number of aliphatic hydroxyl groups is 1. The second kappa shape index (κ2) is 7.66. The molecule has 1 fully saturated rings. The summed E-state index contributed by atoms with van der Waals surface area (Å²) in [5, 5.41) is 13.3. The van der Waals surface area contributed by atoms with E-state index in [4.69, 9.17) is 9.47 Å². The molecule has 0 heterocycles. The second-order valence-electron chi connectivity index (χ2n) is 5.70. The molecule has 1 aromatic rings. The monoisotopic (exact) mass is 293 g/mol. The molecule has 1 aromatic carbocycles. The number of nitrogens with one attached hydrogen (secondary N) is 1. The van der Waals surface area contributed by atoms with Gasteiger partial charge in [-0.3, -0.25) is 0 Å². The van der Waals surface area contributed by atoms with Gasteiger partial charge in [-0.15, -0.1) is 0 Å². The Hall–Kier alpha value is -1.26. The van der Waals surface area contributed by atoms with Gasteiger partial charge in [0.15, 0.2) is 11.5 Å². The molecule has 4 heteroatoms. The molecular formula is C17H27NO3. The van der Waals surface area contributed by atoms with Gasteiger partial charge in [-0.1, -0.05) is 26.0 Å². The molecule has 0 aromatic heterocycles. The Morgan fingerprint density at radius 1 is 1.19 bits per heavy atom. The minimum absolute atomic E-state index is 0.101. The Bertz CT molecular complexity index is 434. The zero-order valence-corrected chi connectivity index (χ0v) is 13.1. The van der Waals surface area contributed by atoms with E-state index in [2.05, 4.69) is 19.2 Å². The van der Waals surface area contributed by atoms with E-state index in [9.17, 15) is 5.11 Å². The fourth-order valence-electron chi connectivity index (χ4n) is 2.64. The van der Waals surface area contributed by atoms with E-state index >= 15 is 0 Å². The summed E-state index contributed by atoms with van der Waals surface area (Å²) in [7, 11) is 0. The quantitative estimate of drug-likeness (QED) is 0.696. The molecule has 0 amide bonds. The summed E-state index contributed by atoms with van der Waals surface area (Å²) in [5.41, 5.74) is -0.327. The van der Waals surface area contributed by atoms with Gasteiger partial charge in [-0.05, 0) is 43.9 Å². The van der Waals surface area contributed by atoms with Crippen LogP contribution >= 0.6 is 0 Å². The number of hydrogen-bond donors (Lipinski definition) is 2. The highest BCUT2D eigenvalue weighted by atomic mass is 16.5. The lowest BCUT2D eigenvalue weighted by Crippen LogP contribution is -2.55. The van der Waals surface area contributed by atoms with Gasteiger partial charge in [0.2, 0.25) is 0 Å². The normalized spacial score (nSPS) is 17.3. The van der Waals surface area contributed by atoms with Gasteiger partial charge in [0.05, 0.1) is 18.8 Å². The Labute approximate surface area is 127 Å². The summed E-state index contributed by atoms with van der Waals surface area (Å²) in [6, 6.07) is 7.74. The third-order valence-corrected chi connectivity index (χ3v) is 3.97. The van der Waals surface area contributed by atoms with E-state index in [0.717, 1.165) is 37.3 Å². The summed E-state index contributed by atoms with van der Waals surface area (Å²) >= 11 is 0. The van der Waals surface area contributed by atoms with E-state index in [1.807, 2.05) is 24.3 Å². The second-order valence-corrected chi connectivity index (χ2v) is 5.70. The van der Waals surface area contributed by atoms with Gasteiger partial charge in [-0.2, -0.15) is 0 Å². The summed E-state index contributed by atoms with van der Waals surface area (Å²) in [6.45, 7) is 6.22. The van der Waals surface area contributed by atoms with Crippen molar-refractivity contribution in [2.45, 2.75) is 38.6 Å². The molecule has 0 aliphatic heterocycles. The van der Waals surface area contributed by atoms with Crippen LogP contribution in [0.5, 0.6) is 11.5 Å². The van der Waals surface area contributed by atoms with E-state index in [0.29, 0.717) is 19.1 Å². The van der Waals surface area contributed by atoms with Crippen LogP contribution < -0.4 is 14.8 Å². The number of para-hydroxylation sites is 2. The summed E-state index contributed by atoms with van der Waals surface area (Å²) in [6.07, 6.45) is 3.28. The van der Waals surface area contributed by atoms with Crippen LogP contribution in [0.3, 0.4) is 0 Å². The lowest BCUT2D eigenvalue weighted by Gasteiger charge is -2.33. The lowest BCUT2D eigenvalue weighted by atomic mass is 9.95. The highest BCUT2D eigenvalue weighted by Crippen LogP contribution is 2.40. The maximum Gasteiger partial charge on any atom is 0.161 e. The minimum atomic E-state index is -0.327. The summed E-state index contributed by atoms with van der Waals surface area (Å²) in [4.78, 5) is 0. The number of ether oxygens (including phenoxy) is 2. The molecule has 21 heavy (non-hydrogen) atoms. The number of benzene rings is 1. The topological polar surface area (TPSA) is 50.7 Å². The molecule has 0 bridgehead atoms. The van der Waals surface area contributed by atoms with Crippen molar-refractivity contribution in [1.82, 2.24) is 5.32 Å². The van der Waals surface area contributed by atoms with Crippen molar-refractivity contribution >= 4 is 0 Å². The molecule has 1 saturated carbocycles. The third-order valence-electron chi connectivity index (χ3n) is 3.97. The van der Waals surface area contributed by atoms with Crippen LogP contribution in [0.4, 0.5) is 0 Å². The van der Waals surface area contributed by atoms with Crippen LogP contribution in [0.1, 0.15) is 33.1 Å². The molecule has 0 saturated heterocycles. The van der Waals surface area contributed by atoms with Gasteiger partial charge >= 0.3 is 0 Å². The Kier molecular flexibility index (Phi) is 5.88. The van der Waals surface area contributed by atoms with Gasteiger partial charge in [-0.25, -0.2) is 0 Å². The standard InChI is InChI=1S/C17H27NO3/c1-3-11-20-15-7-5-6-8-16(15)21-13-17(12-19,18-4-2)14-9-10-14/h5-8,14,18-19H,3-4,9-13H2,1-2H3. The fourth-order valence-corrected chi connectivity index (χ4v) is 2.64. The molecule has 1 unspecified atom stereocenters. The molecule has 118 valence electrons. The van der Waals surface area contributed by atoms with Crippen LogP contribution in [-0.4, -0.2) is 37.0 Å². The Morgan fingerprint density at radius 2 is 1.86 bits per heavy atom. The van der Waals surface area contributed by atoms with Gasteiger partial charge in [0.25, 0.3) is 0 Å². The maximum atomic E-state index is 9.83. The van der Waals surface area contributed by atoms with Gasteiger partial charge in [0, 0.05) is 0 Å². The first-order chi connectivity index (χ1) is 10.3. The van der Waals surface area contributed by atoms with Crippen LogP contribution in [0.25, 0.3) is 0 Å². The first-order valence-corrected chi connectivity index (χ1v) is 7.96. The van der Waals surface area contributed by atoms with Crippen molar-refractivity contribution < 1.29 is 14.6 Å². The smallest absolute Gasteiger partial charge is 0.161 e. The highest BCUT2D eigenvalue weighted by Gasteiger charge is 2.45. The number of likely N-dealkylation sites (N-methyl/N-ethyl adjacent to an activating group) is 1. The van der Waals surface area contributed by atoms with E-state index in [1.165, 1.54) is 0 Å². The minimum Gasteiger partial charge on any atom is -0.490 e. The molecule has 0 radical (unpaired) electrons. The zero-order chi connectivity index (χ0) is 15.1. The average molecular weight is 293 g/mol. The van der Waals surface area contributed by atoms with Gasteiger partial charge < -0.3 is 19.9 Å². The van der Waals surface area contributed by atoms with Crippen molar-refractivity contribution in [3.05, 3.63) is 24.3 Å². The molecule has 1 atom stereocenters. The lowest BCUT2D eigenvalue weighted by molar-refractivity contribution is 0.0845. The number of aliphatic hydroxyl groups excluding tert-OH is 1. The fraction of sp³-hybridized carbons (Fsp3) is 0.647. The molecular weight excluding hydrogens is 266 g/mol. The SMILES string of the molecule is CCCOc1ccccc1OCC(CO)(NCC)C1CC1. The summed E-state index contributed by atoms with van der Waals surface area (Å²) in [5.74, 6) is 2.03. The van der Waals surface area contributed by atoms with Crippen LogP contribution in [-0.2, 0) is 0 Å². The van der Waals surface area contributed by atoms with Crippen molar-refractivity contribution in [3.8, 4) is 11.5 Å². The molecule has 1 aliphatic rings. The maximum absolute atomic E-state index is 9.83. The number of rotatable bonds is 10. The largest absolute Gasteiger partial charge is 0.490 e. The first-order valence-electron chi connectivity index (χ1n) is 7.96. The predicted octanol–water partition coefficient (Wildman–Crippen LogP) is 2.60. The Balaban J connectivity index is 2.03. The molecule has 1 aliphatic carbocycles. The van der Waals surface area contributed by atoms with Crippen LogP contribution in [0.15, 0.2) is 24.3 Å². The van der Waals surface area contributed by atoms with Gasteiger partial charge in [0.1, 0.15) is 6.61 Å². The van der Waals surface area contributed by atoms with Crippen LogP contribution in [0.2, 0.25) is 0 Å². The van der Waals surface area contributed by atoms with E-state index in [-0.39, 0.29) is 12.1 Å². The zero-order valence-electron chi connectivity index (χ0n) is 13.1. The number of hydrogen-bond acceptors (Lipinski definition) is 4. The van der Waals surface area contributed by atoms with Crippen LogP contribution in [0, 0.1) is 5.92 Å². The van der Waals surface area contributed by atoms with Crippen molar-refractivity contribution in [2.75, 3.05) is 26.4 Å². The van der Waals surface area contributed by atoms with E-state index < -0.39 is 0 Å². The molecule has 4 nitrogen and oxygen atoms in total. The van der Waals surface area contributed by atoms with Crippen molar-refractivity contribution in [1.29, 1.82) is 0 Å². The average Bonchev–Trinajstić information content (AvgIpc) is 3.35. The molecule has 0 spiro atoms. The summed E-state index contributed by atoms with van der Waals surface area (Å²) < 4.78 is 11.7. The van der Waals surface area contributed by atoms with Crippen molar-refractivity contribution in [3.63, 3.8) is 0 Å². The first kappa shape index (κ1) is 16.1. The van der Waals surface area contributed by atoms with E-state index in [1.54, 1.807) is 0 Å². The molecule has 2 N–H and O–H groups in total. The highest BCUT2D eigenvalue weighted by molar-refractivity contribution is 5.39. The Morgan fingerprint density at radius 3 is 2.38 bits per heavy atom. The van der Waals surface area contributed by atoms with Crippen molar-refractivity contribution in [2.24, 2.45) is 5.92 Å². The third kappa shape index (κ3) is 4.11.